The summed E-state index contributed by atoms with van der Waals surface area (Å²) >= 11 is 0. The van der Waals surface area contributed by atoms with Crippen LogP contribution in [0, 0.1) is 0 Å². The van der Waals surface area contributed by atoms with Gasteiger partial charge in [0.15, 0.2) is 29.1 Å². The SMILES string of the molecule is CO[C@@H](C(N)=O)[C@H](NC(=O)c1ccc(N[C@@H](O)C(N)Cc2ccc(O)cc2)cc1)C(=O)Nc1ccc(C(=O)Nc2ccc(C(=O)Nc3ccc(C(=O)O)c(O)c3OC(C)C)c(O)c2OC(C)C)cc1. The van der Waals surface area contributed by atoms with E-state index in [1.807, 2.05) is 0 Å². The number of benzene rings is 5. The zero-order valence-electron chi connectivity index (χ0n) is 38.0. The van der Waals surface area contributed by atoms with E-state index in [1.54, 1.807) is 39.8 Å². The van der Waals surface area contributed by atoms with E-state index in [0.29, 0.717) is 12.1 Å². The van der Waals surface area contributed by atoms with E-state index >= 15 is 0 Å². The number of aromatic carboxylic acids is 1. The molecule has 14 N–H and O–H groups in total. The number of primary amides is 1. The summed E-state index contributed by atoms with van der Waals surface area (Å²) in [6, 6.07) is 20.0. The first-order valence-electron chi connectivity index (χ1n) is 21.2. The van der Waals surface area contributed by atoms with Crippen LogP contribution in [0.3, 0.4) is 0 Å². The van der Waals surface area contributed by atoms with Crippen molar-refractivity contribution >= 4 is 58.3 Å². The predicted molar refractivity (Wildman–Crippen MR) is 253 cm³/mol. The third-order valence-electron chi connectivity index (χ3n) is 10.0. The minimum absolute atomic E-state index is 0.0299. The molecule has 5 aromatic carbocycles. The summed E-state index contributed by atoms with van der Waals surface area (Å²) in [6.07, 6.45) is -3.59. The molecule has 5 amide bonds. The fourth-order valence-electron chi connectivity index (χ4n) is 6.65. The summed E-state index contributed by atoms with van der Waals surface area (Å²) in [5.41, 5.74) is 12.3. The van der Waals surface area contributed by atoms with Gasteiger partial charge in [-0.2, -0.15) is 0 Å². The average Bonchev–Trinajstić information content (AvgIpc) is 3.29. The molecule has 0 aliphatic carbocycles. The molecule has 0 saturated heterocycles. The molecule has 0 radical (unpaired) electrons. The van der Waals surface area contributed by atoms with Crippen LogP contribution < -0.4 is 47.5 Å². The van der Waals surface area contributed by atoms with Gasteiger partial charge in [0.05, 0.1) is 35.2 Å². The Morgan fingerprint density at radius 2 is 1.12 bits per heavy atom. The molecule has 0 aliphatic heterocycles. The molecule has 69 heavy (non-hydrogen) atoms. The molecule has 0 spiro atoms. The number of hydrogen-bond acceptors (Lipinski definition) is 15. The normalized spacial score (nSPS) is 12.8. The van der Waals surface area contributed by atoms with Crippen molar-refractivity contribution in [2.24, 2.45) is 11.5 Å². The van der Waals surface area contributed by atoms with Gasteiger partial charge in [0.1, 0.15) is 23.6 Å². The smallest absolute Gasteiger partial charge is 0.339 e. The minimum Gasteiger partial charge on any atom is -0.508 e. The van der Waals surface area contributed by atoms with Crippen LogP contribution in [-0.4, -0.2) is 105 Å². The number of amides is 5. The van der Waals surface area contributed by atoms with E-state index in [9.17, 15) is 54.3 Å². The molecule has 0 heterocycles. The van der Waals surface area contributed by atoms with Gasteiger partial charge in [0, 0.05) is 29.6 Å². The van der Waals surface area contributed by atoms with E-state index in [1.165, 1.54) is 78.9 Å². The molecule has 0 aromatic heterocycles. The summed E-state index contributed by atoms with van der Waals surface area (Å²) in [7, 11) is 1.13. The van der Waals surface area contributed by atoms with Crippen LogP contribution in [0.25, 0.3) is 0 Å². The van der Waals surface area contributed by atoms with Crippen molar-refractivity contribution in [3.8, 4) is 28.7 Å². The molecule has 21 heteroatoms. The van der Waals surface area contributed by atoms with Gasteiger partial charge in [-0.15, -0.1) is 0 Å². The fourth-order valence-corrected chi connectivity index (χ4v) is 6.65. The molecule has 5 aromatic rings. The number of carboxylic acid groups (broad SMARTS) is 1. The first-order chi connectivity index (χ1) is 32.7. The third kappa shape index (κ3) is 13.4. The number of rotatable bonds is 21. The van der Waals surface area contributed by atoms with E-state index in [0.717, 1.165) is 18.7 Å². The zero-order chi connectivity index (χ0) is 50.7. The molecule has 21 nitrogen and oxygen atoms in total. The zero-order valence-corrected chi connectivity index (χ0v) is 38.0. The van der Waals surface area contributed by atoms with Crippen LogP contribution in [0.4, 0.5) is 22.7 Å². The first-order valence-corrected chi connectivity index (χ1v) is 21.2. The lowest BCUT2D eigenvalue weighted by atomic mass is 10.0. The average molecular weight is 952 g/mol. The molecule has 0 aliphatic rings. The second kappa shape index (κ2) is 22.9. The van der Waals surface area contributed by atoms with Crippen molar-refractivity contribution in [1.29, 1.82) is 0 Å². The Kier molecular flexibility index (Phi) is 17.1. The second-order valence-electron chi connectivity index (χ2n) is 16.0. The highest BCUT2D eigenvalue weighted by molar-refractivity contribution is 6.10. The molecule has 0 bridgehead atoms. The van der Waals surface area contributed by atoms with Gasteiger partial charge in [-0.1, -0.05) is 12.1 Å². The quantitative estimate of drug-likeness (QED) is 0.0460. The number of carbonyl (C=O) groups excluding carboxylic acids is 5. The number of aromatic hydroxyl groups is 3. The van der Waals surface area contributed by atoms with Gasteiger partial charge < -0.3 is 77.8 Å². The summed E-state index contributed by atoms with van der Waals surface area (Å²) in [5.74, 6) is -7.61. The van der Waals surface area contributed by atoms with Crippen molar-refractivity contribution in [2.75, 3.05) is 28.4 Å². The number of hydrogen-bond donors (Lipinski definition) is 12. The number of carboxylic acids is 1. The number of aliphatic hydroxyl groups excluding tert-OH is 1. The molecular weight excluding hydrogens is 899 g/mol. The largest absolute Gasteiger partial charge is 0.508 e. The van der Waals surface area contributed by atoms with Crippen molar-refractivity contribution in [3.05, 3.63) is 125 Å². The number of nitrogens with one attached hydrogen (secondary N) is 5. The summed E-state index contributed by atoms with van der Waals surface area (Å²) < 4.78 is 16.6. The van der Waals surface area contributed by atoms with Crippen LogP contribution in [0.5, 0.6) is 28.7 Å². The highest BCUT2D eigenvalue weighted by Crippen LogP contribution is 2.41. The van der Waals surface area contributed by atoms with E-state index in [4.69, 9.17) is 25.7 Å². The number of nitrogens with two attached hydrogens (primary N) is 2. The number of methoxy groups -OCH3 is 1. The highest BCUT2D eigenvalue weighted by Gasteiger charge is 2.35. The lowest BCUT2D eigenvalue weighted by molar-refractivity contribution is -0.134. The van der Waals surface area contributed by atoms with Crippen LogP contribution in [0.2, 0.25) is 0 Å². The number of ether oxygens (including phenoxy) is 3. The van der Waals surface area contributed by atoms with Crippen molar-refractivity contribution < 1.29 is 68.5 Å². The first kappa shape index (κ1) is 51.6. The fraction of sp³-hybridized carbons (Fsp3) is 0.250. The summed E-state index contributed by atoms with van der Waals surface area (Å²) in [6.45, 7) is 6.54. The van der Waals surface area contributed by atoms with Crippen molar-refractivity contribution in [1.82, 2.24) is 5.32 Å². The number of phenolic OH excluding ortho intramolecular Hbond substituents is 2. The van der Waals surface area contributed by atoms with Crippen LogP contribution in [-0.2, 0) is 20.7 Å². The Morgan fingerprint density at radius 1 is 0.623 bits per heavy atom. The van der Waals surface area contributed by atoms with Crippen LogP contribution >= 0.6 is 0 Å². The van der Waals surface area contributed by atoms with Crippen molar-refractivity contribution in [3.63, 3.8) is 0 Å². The third-order valence-corrected chi connectivity index (χ3v) is 10.0. The van der Waals surface area contributed by atoms with Gasteiger partial charge in [0.2, 0.25) is 11.8 Å². The Hall–Kier alpha value is -8.40. The Morgan fingerprint density at radius 3 is 1.62 bits per heavy atom. The monoisotopic (exact) mass is 951 g/mol. The molecule has 364 valence electrons. The predicted octanol–water partition coefficient (Wildman–Crippen LogP) is 4.12. The second-order valence-corrected chi connectivity index (χ2v) is 16.0. The summed E-state index contributed by atoms with van der Waals surface area (Å²) in [4.78, 5) is 78.0. The molecule has 0 saturated carbocycles. The van der Waals surface area contributed by atoms with Gasteiger partial charge in [-0.3, -0.25) is 24.0 Å². The number of anilines is 4. The maximum absolute atomic E-state index is 13.6. The molecule has 1 unspecified atom stereocenters. The molecule has 5 rings (SSSR count). The minimum atomic E-state index is -1.64. The number of phenols is 3. The van der Waals surface area contributed by atoms with Gasteiger partial charge in [0.25, 0.3) is 17.7 Å². The molecule has 4 atom stereocenters. The van der Waals surface area contributed by atoms with Gasteiger partial charge in [-0.05, 0) is 125 Å². The van der Waals surface area contributed by atoms with Gasteiger partial charge in [-0.25, -0.2) is 4.79 Å². The standard InChI is InChI=1S/C48H53N7O14/c1-23(2)68-39-34(20-18-31(37(39)57)45(62)54-35-21-19-32(48(65)66)38(58)40(35)69-24(3)4)53-43(60)26-8-14-29(15-9-26)52-47(64)36(41(67-5)42(50)59)55-44(61)27-10-12-28(13-11-27)51-46(63)33(49)22-25-6-16-30(56)17-7-25/h6-21,23-24,33,36,41,46,51,56-58,63H,22,49H2,1-5H3,(H2,50,59)(H,52,64)(H,53,60)(H,54,62)(H,55,61)(H,65,66)/t33?,36-,41+,46-/m0/s1. The highest BCUT2D eigenvalue weighted by atomic mass is 16.5. The topological polar surface area (TPSA) is 343 Å². The number of carbonyl (C=O) groups is 6. The van der Waals surface area contributed by atoms with Crippen LogP contribution in [0.1, 0.15) is 74.7 Å². The Labute approximate surface area is 395 Å². The molecule has 0 fully saturated rings. The molecular formula is C48H53N7O14. The lowest BCUT2D eigenvalue weighted by Gasteiger charge is -2.24. The lowest BCUT2D eigenvalue weighted by Crippen LogP contribution is -2.56. The Bertz CT molecular complexity index is 2680. The van der Waals surface area contributed by atoms with Crippen molar-refractivity contribution in [2.45, 2.75) is 70.7 Å². The van der Waals surface area contributed by atoms with Gasteiger partial charge >= 0.3 is 5.97 Å². The maximum atomic E-state index is 13.6. The number of aliphatic hydroxyl groups is 1. The Balaban J connectivity index is 1.26. The van der Waals surface area contributed by atoms with Crippen LogP contribution in [0.15, 0.2) is 97.1 Å². The van der Waals surface area contributed by atoms with E-state index < -0.39 is 89.2 Å². The van der Waals surface area contributed by atoms with E-state index in [-0.39, 0.29) is 51.0 Å². The summed E-state index contributed by atoms with van der Waals surface area (Å²) in [5, 5.41) is 64.5. The van der Waals surface area contributed by atoms with E-state index in [2.05, 4.69) is 26.6 Å². The maximum Gasteiger partial charge on any atom is 0.339 e.